The lowest BCUT2D eigenvalue weighted by atomic mass is 10.2. The van der Waals surface area contributed by atoms with Gasteiger partial charge in [-0.3, -0.25) is 4.79 Å². The summed E-state index contributed by atoms with van der Waals surface area (Å²) in [5, 5.41) is 9.45. The number of benzene rings is 1. The van der Waals surface area contributed by atoms with Crippen LogP contribution in [0.1, 0.15) is 6.42 Å². The average Bonchev–Trinajstić information content (AvgIpc) is 2.47. The van der Waals surface area contributed by atoms with Crippen molar-refractivity contribution in [3.63, 3.8) is 0 Å². The normalized spacial score (nSPS) is 18.3. The Morgan fingerprint density at radius 3 is 3.00 bits per heavy atom. The Labute approximate surface area is 127 Å². The highest BCUT2D eigenvalue weighted by molar-refractivity contribution is 6.30. The number of rotatable bonds is 5. The largest absolute Gasteiger partial charge is 0.493 e. The third-order valence-corrected chi connectivity index (χ3v) is 3.31. The molecule has 114 valence electrons. The number of hydrogen-bond acceptors (Lipinski definition) is 4. The number of nitrogens with zero attached hydrogens (tertiary/aromatic N) is 1. The lowest BCUT2D eigenvalue weighted by molar-refractivity contribution is -0.159. The van der Waals surface area contributed by atoms with Gasteiger partial charge >= 0.3 is 5.97 Å². The second kappa shape index (κ2) is 7.28. The Morgan fingerprint density at radius 1 is 1.48 bits per heavy atom. The molecule has 1 heterocycles. The Morgan fingerprint density at radius 2 is 2.29 bits per heavy atom. The van der Waals surface area contributed by atoms with Crippen LogP contribution in [-0.4, -0.2) is 54.3 Å². The van der Waals surface area contributed by atoms with Gasteiger partial charge in [0, 0.05) is 11.6 Å². The van der Waals surface area contributed by atoms with E-state index in [1.54, 1.807) is 24.3 Å². The van der Waals surface area contributed by atoms with Gasteiger partial charge in [0.15, 0.2) is 6.10 Å². The second-order valence-corrected chi connectivity index (χ2v) is 5.03. The number of amides is 1. The van der Waals surface area contributed by atoms with Gasteiger partial charge in [0.05, 0.1) is 26.2 Å². The molecule has 1 amide bonds. The molecule has 1 N–H and O–H groups in total. The molecule has 1 aliphatic rings. The molecule has 0 spiro atoms. The quantitative estimate of drug-likeness (QED) is 0.889. The molecule has 1 fully saturated rings. The minimum Gasteiger partial charge on any atom is -0.493 e. The second-order valence-electron chi connectivity index (χ2n) is 4.59. The zero-order valence-electron chi connectivity index (χ0n) is 11.3. The predicted molar refractivity (Wildman–Crippen MR) is 75.5 cm³/mol. The van der Waals surface area contributed by atoms with Gasteiger partial charge in [-0.05, 0) is 18.2 Å². The van der Waals surface area contributed by atoms with Gasteiger partial charge in [0.2, 0.25) is 5.91 Å². The van der Waals surface area contributed by atoms with E-state index >= 15 is 0 Å². The molecule has 21 heavy (non-hydrogen) atoms. The van der Waals surface area contributed by atoms with Crippen LogP contribution in [0.4, 0.5) is 0 Å². The van der Waals surface area contributed by atoms with Crippen LogP contribution in [0, 0.1) is 0 Å². The van der Waals surface area contributed by atoms with Crippen molar-refractivity contribution in [2.45, 2.75) is 12.5 Å². The molecule has 2 rings (SSSR count). The number of morpholine rings is 1. The average molecular weight is 314 g/mol. The van der Waals surface area contributed by atoms with Crippen LogP contribution in [0.15, 0.2) is 24.3 Å². The van der Waals surface area contributed by atoms with E-state index in [1.165, 1.54) is 4.90 Å². The standard InChI is InChI=1S/C14H16ClNO5/c15-10-2-1-3-11(8-10)20-6-4-13(17)16-5-7-21-12(9-16)14(18)19/h1-3,8,12H,4-7,9H2,(H,18,19). The van der Waals surface area contributed by atoms with Crippen molar-refractivity contribution < 1.29 is 24.2 Å². The Hall–Kier alpha value is -1.79. The number of hydrogen-bond donors (Lipinski definition) is 1. The summed E-state index contributed by atoms with van der Waals surface area (Å²) >= 11 is 5.83. The van der Waals surface area contributed by atoms with Crippen molar-refractivity contribution in [1.82, 2.24) is 4.90 Å². The molecule has 1 aliphatic heterocycles. The highest BCUT2D eigenvalue weighted by atomic mass is 35.5. The summed E-state index contributed by atoms with van der Waals surface area (Å²) < 4.78 is 10.5. The van der Waals surface area contributed by atoms with Crippen molar-refractivity contribution >= 4 is 23.5 Å². The summed E-state index contributed by atoms with van der Waals surface area (Å²) in [5.41, 5.74) is 0. The molecule has 0 bridgehead atoms. The summed E-state index contributed by atoms with van der Waals surface area (Å²) in [5.74, 6) is -0.602. The fraction of sp³-hybridized carbons (Fsp3) is 0.429. The van der Waals surface area contributed by atoms with Crippen molar-refractivity contribution in [3.8, 4) is 5.75 Å². The first kappa shape index (κ1) is 15.6. The molecule has 7 heteroatoms. The molecule has 6 nitrogen and oxygen atoms in total. The van der Waals surface area contributed by atoms with Gasteiger partial charge in [-0.15, -0.1) is 0 Å². The van der Waals surface area contributed by atoms with E-state index in [0.29, 0.717) is 17.3 Å². The first-order valence-corrected chi connectivity index (χ1v) is 6.94. The first-order chi connectivity index (χ1) is 10.1. The summed E-state index contributed by atoms with van der Waals surface area (Å²) in [6, 6.07) is 6.92. The fourth-order valence-electron chi connectivity index (χ4n) is 2.00. The lowest BCUT2D eigenvalue weighted by Gasteiger charge is -2.30. The molecule has 0 saturated carbocycles. The number of carboxylic acids is 1. The molecule has 1 saturated heterocycles. The maximum Gasteiger partial charge on any atom is 0.334 e. The Balaban J connectivity index is 1.78. The number of ether oxygens (including phenoxy) is 2. The summed E-state index contributed by atoms with van der Waals surface area (Å²) in [4.78, 5) is 24.3. The van der Waals surface area contributed by atoms with Gasteiger partial charge in [-0.2, -0.15) is 0 Å². The molecular weight excluding hydrogens is 298 g/mol. The topological polar surface area (TPSA) is 76.1 Å². The zero-order chi connectivity index (χ0) is 15.2. The van der Waals surface area contributed by atoms with Crippen LogP contribution in [0.2, 0.25) is 5.02 Å². The minimum absolute atomic E-state index is 0.0747. The fourth-order valence-corrected chi connectivity index (χ4v) is 2.18. The van der Waals surface area contributed by atoms with E-state index in [2.05, 4.69) is 0 Å². The van der Waals surface area contributed by atoms with E-state index in [9.17, 15) is 9.59 Å². The molecule has 1 aromatic carbocycles. The summed E-state index contributed by atoms with van der Waals surface area (Å²) in [7, 11) is 0. The van der Waals surface area contributed by atoms with Crippen LogP contribution in [-0.2, 0) is 14.3 Å². The molecule has 1 unspecified atom stereocenters. The van der Waals surface area contributed by atoms with Gasteiger partial charge in [-0.1, -0.05) is 17.7 Å². The third kappa shape index (κ3) is 4.61. The van der Waals surface area contributed by atoms with E-state index in [-0.39, 0.29) is 32.1 Å². The van der Waals surface area contributed by atoms with Crippen molar-refractivity contribution in [3.05, 3.63) is 29.3 Å². The first-order valence-electron chi connectivity index (χ1n) is 6.57. The van der Waals surface area contributed by atoms with Crippen LogP contribution in [0.5, 0.6) is 5.75 Å². The number of carbonyl (C=O) groups is 2. The Bertz CT molecular complexity index is 522. The highest BCUT2D eigenvalue weighted by Crippen LogP contribution is 2.17. The number of aliphatic carboxylic acids is 1. The van der Waals surface area contributed by atoms with E-state index < -0.39 is 12.1 Å². The van der Waals surface area contributed by atoms with Crippen LogP contribution >= 0.6 is 11.6 Å². The van der Waals surface area contributed by atoms with E-state index in [1.807, 2.05) is 0 Å². The van der Waals surface area contributed by atoms with Gasteiger partial charge in [0.1, 0.15) is 5.75 Å². The SMILES string of the molecule is O=C(O)C1CN(C(=O)CCOc2cccc(Cl)c2)CCO1. The van der Waals surface area contributed by atoms with Gasteiger partial charge in [-0.25, -0.2) is 4.79 Å². The monoisotopic (exact) mass is 313 g/mol. The number of halogens is 1. The molecular formula is C14H16ClNO5. The summed E-state index contributed by atoms with van der Waals surface area (Å²) in [6.07, 6.45) is -0.768. The van der Waals surface area contributed by atoms with Crippen LogP contribution < -0.4 is 4.74 Å². The van der Waals surface area contributed by atoms with Crippen molar-refractivity contribution in [2.75, 3.05) is 26.3 Å². The van der Waals surface area contributed by atoms with Crippen molar-refractivity contribution in [2.24, 2.45) is 0 Å². The molecule has 0 aliphatic carbocycles. The number of carbonyl (C=O) groups excluding carboxylic acids is 1. The van der Waals surface area contributed by atoms with Gasteiger partial charge in [0.25, 0.3) is 0 Å². The number of carboxylic acid groups (broad SMARTS) is 1. The van der Waals surface area contributed by atoms with Gasteiger partial charge < -0.3 is 19.5 Å². The molecule has 1 aromatic rings. The predicted octanol–water partition coefficient (Wildman–Crippen LogP) is 1.42. The summed E-state index contributed by atoms with van der Waals surface area (Å²) in [6.45, 7) is 0.928. The molecule has 0 aromatic heterocycles. The molecule has 1 atom stereocenters. The Kier molecular flexibility index (Phi) is 5.41. The maximum absolute atomic E-state index is 12.0. The van der Waals surface area contributed by atoms with E-state index in [4.69, 9.17) is 26.2 Å². The smallest absolute Gasteiger partial charge is 0.334 e. The lowest BCUT2D eigenvalue weighted by Crippen LogP contribution is -2.48. The van der Waals surface area contributed by atoms with Crippen molar-refractivity contribution in [1.29, 1.82) is 0 Å². The highest BCUT2D eigenvalue weighted by Gasteiger charge is 2.28. The zero-order valence-corrected chi connectivity index (χ0v) is 12.1. The minimum atomic E-state index is -1.05. The third-order valence-electron chi connectivity index (χ3n) is 3.08. The van der Waals surface area contributed by atoms with E-state index in [0.717, 1.165) is 0 Å². The van der Waals surface area contributed by atoms with Crippen LogP contribution in [0.3, 0.4) is 0 Å². The van der Waals surface area contributed by atoms with Crippen LogP contribution in [0.25, 0.3) is 0 Å². The maximum atomic E-state index is 12.0. The molecule has 0 radical (unpaired) electrons.